The summed E-state index contributed by atoms with van der Waals surface area (Å²) in [5.74, 6) is -0.140. The van der Waals surface area contributed by atoms with Crippen LogP contribution in [0.2, 0.25) is 10.0 Å². The number of benzene rings is 1. The predicted octanol–water partition coefficient (Wildman–Crippen LogP) is 2.95. The van der Waals surface area contributed by atoms with Gasteiger partial charge in [0.25, 0.3) is 5.91 Å². The molecule has 0 unspecified atom stereocenters. The first-order valence-corrected chi connectivity index (χ1v) is 7.35. The number of halogens is 2. The largest absolute Gasteiger partial charge is 0.453 e. The van der Waals surface area contributed by atoms with E-state index in [-0.39, 0.29) is 11.9 Å². The van der Waals surface area contributed by atoms with Gasteiger partial charge in [0.2, 0.25) is 0 Å². The van der Waals surface area contributed by atoms with Crippen LogP contribution in [0.4, 0.5) is 4.79 Å². The second-order valence-corrected chi connectivity index (χ2v) is 5.67. The van der Waals surface area contributed by atoms with Crippen molar-refractivity contribution in [2.75, 3.05) is 20.2 Å². The minimum absolute atomic E-state index is 0.0244. The lowest BCUT2D eigenvalue weighted by Crippen LogP contribution is -2.46. The molecular formula is C14H16Cl2N2O3. The van der Waals surface area contributed by atoms with Crippen LogP contribution in [-0.4, -0.2) is 43.1 Å². The van der Waals surface area contributed by atoms with Gasteiger partial charge in [-0.15, -0.1) is 0 Å². The Balaban J connectivity index is 1.97. The SMILES string of the molecule is COC(=O)NC1CCN(C(=O)c2cc(Cl)ccc2Cl)CC1. The lowest BCUT2D eigenvalue weighted by molar-refractivity contribution is 0.0704. The van der Waals surface area contributed by atoms with Crippen LogP contribution in [0.25, 0.3) is 0 Å². The molecule has 1 aliphatic rings. The number of hydrogen-bond donors (Lipinski definition) is 1. The van der Waals surface area contributed by atoms with E-state index < -0.39 is 6.09 Å². The van der Waals surface area contributed by atoms with E-state index in [1.165, 1.54) is 7.11 Å². The fourth-order valence-corrected chi connectivity index (χ4v) is 2.65. The van der Waals surface area contributed by atoms with E-state index >= 15 is 0 Å². The normalized spacial score (nSPS) is 15.7. The zero-order chi connectivity index (χ0) is 15.4. The van der Waals surface area contributed by atoms with Gasteiger partial charge >= 0.3 is 6.09 Å². The Kier molecular flexibility index (Phi) is 5.31. The second-order valence-electron chi connectivity index (χ2n) is 4.83. The Bertz CT molecular complexity index is 543. The van der Waals surface area contributed by atoms with Crippen molar-refractivity contribution < 1.29 is 14.3 Å². The van der Waals surface area contributed by atoms with Crippen LogP contribution in [-0.2, 0) is 4.74 Å². The second kappa shape index (κ2) is 7.00. The third kappa shape index (κ3) is 4.02. The molecule has 0 aromatic heterocycles. The quantitative estimate of drug-likeness (QED) is 0.906. The van der Waals surface area contributed by atoms with Gasteiger partial charge in [0, 0.05) is 24.2 Å². The molecule has 1 aromatic carbocycles. The fourth-order valence-electron chi connectivity index (χ4n) is 2.28. The first-order valence-electron chi connectivity index (χ1n) is 6.60. The summed E-state index contributed by atoms with van der Waals surface area (Å²) in [4.78, 5) is 25.3. The van der Waals surface area contributed by atoms with Crippen LogP contribution in [0.15, 0.2) is 18.2 Å². The average molecular weight is 331 g/mol. The molecule has 0 aliphatic carbocycles. The van der Waals surface area contributed by atoms with Crippen LogP contribution < -0.4 is 5.32 Å². The molecule has 1 heterocycles. The number of ether oxygens (including phenoxy) is 1. The molecule has 7 heteroatoms. The van der Waals surface area contributed by atoms with Gasteiger partial charge in [-0.3, -0.25) is 4.79 Å². The van der Waals surface area contributed by atoms with Gasteiger partial charge in [-0.2, -0.15) is 0 Å². The summed E-state index contributed by atoms with van der Waals surface area (Å²) in [5, 5.41) is 3.61. The van der Waals surface area contributed by atoms with Crippen molar-refractivity contribution in [3.8, 4) is 0 Å². The van der Waals surface area contributed by atoms with E-state index in [9.17, 15) is 9.59 Å². The maximum atomic E-state index is 12.4. The van der Waals surface area contributed by atoms with E-state index in [0.717, 1.165) is 0 Å². The Hall–Kier alpha value is -1.46. The molecule has 1 saturated heterocycles. The van der Waals surface area contributed by atoms with Crippen LogP contribution >= 0.6 is 23.2 Å². The molecule has 1 N–H and O–H groups in total. The van der Waals surface area contributed by atoms with Crippen molar-refractivity contribution in [2.24, 2.45) is 0 Å². The summed E-state index contributed by atoms with van der Waals surface area (Å²) < 4.78 is 4.56. The number of methoxy groups -OCH3 is 1. The summed E-state index contributed by atoms with van der Waals surface area (Å²) in [6, 6.07) is 4.86. The summed E-state index contributed by atoms with van der Waals surface area (Å²) in [7, 11) is 1.33. The van der Waals surface area contributed by atoms with Crippen LogP contribution in [0.5, 0.6) is 0 Å². The standard InChI is InChI=1S/C14H16Cl2N2O3/c1-21-14(20)17-10-4-6-18(7-5-10)13(19)11-8-9(15)2-3-12(11)16/h2-3,8,10H,4-7H2,1H3,(H,17,20). The van der Waals surface area contributed by atoms with E-state index in [2.05, 4.69) is 10.1 Å². The van der Waals surface area contributed by atoms with Gasteiger partial charge in [0.15, 0.2) is 0 Å². The Labute approximate surface area is 133 Å². The topological polar surface area (TPSA) is 58.6 Å². The minimum atomic E-state index is -0.447. The Morgan fingerprint density at radius 2 is 1.95 bits per heavy atom. The van der Waals surface area contributed by atoms with Crippen molar-refractivity contribution in [1.29, 1.82) is 0 Å². The Morgan fingerprint density at radius 3 is 2.57 bits per heavy atom. The molecule has 0 bridgehead atoms. The number of alkyl carbamates (subject to hydrolysis) is 1. The highest BCUT2D eigenvalue weighted by Gasteiger charge is 2.25. The first-order chi connectivity index (χ1) is 10.0. The van der Waals surface area contributed by atoms with Gasteiger partial charge in [0.05, 0.1) is 17.7 Å². The molecule has 2 rings (SSSR count). The molecule has 21 heavy (non-hydrogen) atoms. The number of carbonyl (C=O) groups is 2. The molecular weight excluding hydrogens is 315 g/mol. The van der Waals surface area contributed by atoms with E-state index in [1.54, 1.807) is 23.1 Å². The monoisotopic (exact) mass is 330 g/mol. The van der Waals surface area contributed by atoms with Gasteiger partial charge < -0.3 is 15.0 Å². The summed E-state index contributed by atoms with van der Waals surface area (Å²) in [5.41, 5.74) is 0.406. The minimum Gasteiger partial charge on any atom is -0.453 e. The van der Waals surface area contributed by atoms with Gasteiger partial charge in [-0.25, -0.2) is 4.79 Å². The summed E-state index contributed by atoms with van der Waals surface area (Å²) in [6.45, 7) is 1.10. The third-order valence-electron chi connectivity index (χ3n) is 3.45. The molecule has 1 aromatic rings. The van der Waals surface area contributed by atoms with Crippen molar-refractivity contribution in [3.05, 3.63) is 33.8 Å². The highest BCUT2D eigenvalue weighted by atomic mass is 35.5. The molecule has 0 radical (unpaired) electrons. The zero-order valence-corrected chi connectivity index (χ0v) is 13.1. The van der Waals surface area contributed by atoms with Gasteiger partial charge in [-0.1, -0.05) is 23.2 Å². The smallest absolute Gasteiger partial charge is 0.407 e. The number of likely N-dealkylation sites (tertiary alicyclic amines) is 1. The van der Waals surface area contributed by atoms with Crippen LogP contribution in [0, 0.1) is 0 Å². The molecule has 0 spiro atoms. The fraction of sp³-hybridized carbons (Fsp3) is 0.429. The number of rotatable bonds is 2. The summed E-state index contributed by atoms with van der Waals surface area (Å²) in [6.07, 6.45) is 0.913. The molecule has 1 aliphatic heterocycles. The third-order valence-corrected chi connectivity index (χ3v) is 4.01. The highest BCUT2D eigenvalue weighted by Crippen LogP contribution is 2.23. The number of nitrogens with one attached hydrogen (secondary N) is 1. The summed E-state index contributed by atoms with van der Waals surface area (Å²) >= 11 is 12.0. The number of carbonyl (C=O) groups excluding carboxylic acids is 2. The Morgan fingerprint density at radius 1 is 1.29 bits per heavy atom. The molecule has 114 valence electrons. The first kappa shape index (κ1) is 15.9. The van der Waals surface area contributed by atoms with E-state index in [1.807, 2.05) is 0 Å². The highest BCUT2D eigenvalue weighted by molar-refractivity contribution is 6.35. The molecule has 0 atom stereocenters. The maximum absolute atomic E-state index is 12.4. The molecule has 1 fully saturated rings. The number of amides is 2. The van der Waals surface area contributed by atoms with Crippen LogP contribution in [0.1, 0.15) is 23.2 Å². The average Bonchev–Trinajstić information content (AvgIpc) is 2.49. The van der Waals surface area contributed by atoms with Gasteiger partial charge in [0.1, 0.15) is 0 Å². The number of nitrogens with zero attached hydrogens (tertiary/aromatic N) is 1. The molecule has 2 amide bonds. The van der Waals surface area contributed by atoms with Crippen LogP contribution in [0.3, 0.4) is 0 Å². The van der Waals surface area contributed by atoms with E-state index in [4.69, 9.17) is 23.2 Å². The molecule has 0 saturated carbocycles. The number of hydrogen-bond acceptors (Lipinski definition) is 3. The van der Waals surface area contributed by atoms with Crippen molar-refractivity contribution >= 4 is 35.2 Å². The van der Waals surface area contributed by atoms with Gasteiger partial charge in [-0.05, 0) is 31.0 Å². The van der Waals surface area contributed by atoms with Crippen molar-refractivity contribution in [1.82, 2.24) is 10.2 Å². The lowest BCUT2D eigenvalue weighted by Gasteiger charge is -2.32. The number of piperidine rings is 1. The van der Waals surface area contributed by atoms with Crippen molar-refractivity contribution in [3.63, 3.8) is 0 Å². The van der Waals surface area contributed by atoms with E-state index in [0.29, 0.717) is 41.5 Å². The molecule has 5 nitrogen and oxygen atoms in total. The zero-order valence-electron chi connectivity index (χ0n) is 11.6. The van der Waals surface area contributed by atoms with Crippen molar-refractivity contribution in [2.45, 2.75) is 18.9 Å². The lowest BCUT2D eigenvalue weighted by atomic mass is 10.0. The maximum Gasteiger partial charge on any atom is 0.407 e. The predicted molar refractivity (Wildman–Crippen MR) is 80.9 cm³/mol.